The van der Waals surface area contributed by atoms with Crippen LogP contribution in [0.1, 0.15) is 37.4 Å². The van der Waals surface area contributed by atoms with Gasteiger partial charge in [0.25, 0.3) is 0 Å². The van der Waals surface area contributed by atoms with Crippen molar-refractivity contribution in [1.29, 1.82) is 5.26 Å². The third-order valence-electron chi connectivity index (χ3n) is 4.18. The molecule has 1 aliphatic heterocycles. The smallest absolute Gasteiger partial charge is 0.144 e. The highest BCUT2D eigenvalue weighted by molar-refractivity contribution is 5.46. The highest BCUT2D eigenvalue weighted by Crippen LogP contribution is 2.36. The maximum atomic E-state index is 10.7. The van der Waals surface area contributed by atoms with Crippen molar-refractivity contribution >= 4 is 5.94 Å². The lowest BCUT2D eigenvalue weighted by atomic mass is 9.91. The van der Waals surface area contributed by atoms with Crippen LogP contribution in [0.4, 0.5) is 0 Å². The van der Waals surface area contributed by atoms with Crippen LogP contribution in [0.5, 0.6) is 5.75 Å². The summed E-state index contributed by atoms with van der Waals surface area (Å²) in [5, 5.41) is 23.2. The zero-order valence-corrected chi connectivity index (χ0v) is 15.5. The van der Waals surface area contributed by atoms with Crippen LogP contribution in [0, 0.1) is 11.3 Å². The SMILES string of the molecule is CCOC(=COCC=C=O)CNC1c2cc(C#N)ccc2O[C@@H](CC)[C@@H]1O. The number of hydrogen-bond donors (Lipinski definition) is 2. The van der Waals surface area contributed by atoms with E-state index in [1.54, 1.807) is 24.1 Å². The van der Waals surface area contributed by atoms with E-state index in [1.807, 2.05) is 13.8 Å². The van der Waals surface area contributed by atoms with E-state index >= 15 is 0 Å². The Kier molecular flexibility index (Phi) is 7.90. The molecule has 1 aromatic rings. The molecular weight excluding hydrogens is 348 g/mol. The van der Waals surface area contributed by atoms with Gasteiger partial charge >= 0.3 is 0 Å². The van der Waals surface area contributed by atoms with Gasteiger partial charge in [-0.05, 0) is 31.5 Å². The second-order valence-corrected chi connectivity index (χ2v) is 5.95. The molecule has 0 saturated carbocycles. The van der Waals surface area contributed by atoms with Crippen molar-refractivity contribution in [2.45, 2.75) is 38.5 Å². The lowest BCUT2D eigenvalue weighted by molar-refractivity contribution is -0.00901. The van der Waals surface area contributed by atoms with E-state index in [9.17, 15) is 9.90 Å². The largest absolute Gasteiger partial charge is 0.494 e. The van der Waals surface area contributed by atoms with Gasteiger partial charge in [0.2, 0.25) is 0 Å². The van der Waals surface area contributed by atoms with Gasteiger partial charge in [-0.3, -0.25) is 0 Å². The quantitative estimate of drug-likeness (QED) is 0.388. The normalized spacial score (nSPS) is 21.3. The molecule has 7 nitrogen and oxygen atoms in total. The molecule has 0 aromatic heterocycles. The van der Waals surface area contributed by atoms with Crippen molar-refractivity contribution in [3.63, 3.8) is 0 Å². The van der Waals surface area contributed by atoms with Gasteiger partial charge in [-0.1, -0.05) is 6.92 Å². The number of nitrogens with zero attached hydrogens (tertiary/aromatic N) is 1. The molecule has 0 saturated heterocycles. The summed E-state index contributed by atoms with van der Waals surface area (Å²) in [4.78, 5) is 10.2. The topological polar surface area (TPSA) is 101 Å². The molecule has 144 valence electrons. The van der Waals surface area contributed by atoms with Crippen molar-refractivity contribution in [3.05, 3.63) is 47.4 Å². The van der Waals surface area contributed by atoms with Gasteiger partial charge in [0.1, 0.15) is 42.5 Å². The monoisotopic (exact) mass is 372 g/mol. The summed E-state index contributed by atoms with van der Waals surface area (Å²) < 4.78 is 16.6. The van der Waals surface area contributed by atoms with E-state index in [2.05, 4.69) is 11.4 Å². The molecule has 27 heavy (non-hydrogen) atoms. The molecule has 0 bridgehead atoms. The molecule has 0 spiro atoms. The fourth-order valence-electron chi connectivity index (χ4n) is 2.90. The van der Waals surface area contributed by atoms with Crippen LogP contribution < -0.4 is 10.1 Å². The Morgan fingerprint density at radius 3 is 2.93 bits per heavy atom. The van der Waals surface area contributed by atoms with Crippen LogP contribution in [0.25, 0.3) is 0 Å². The van der Waals surface area contributed by atoms with E-state index < -0.39 is 12.1 Å². The van der Waals surface area contributed by atoms with Gasteiger partial charge in [0.05, 0.1) is 30.8 Å². The lowest BCUT2D eigenvalue weighted by Gasteiger charge is -2.37. The van der Waals surface area contributed by atoms with Gasteiger partial charge in [-0.25, -0.2) is 4.79 Å². The third-order valence-corrected chi connectivity index (χ3v) is 4.18. The molecule has 1 heterocycles. The van der Waals surface area contributed by atoms with Crippen molar-refractivity contribution in [3.8, 4) is 11.8 Å². The Hall–Kier alpha value is -2.78. The fourth-order valence-corrected chi connectivity index (χ4v) is 2.90. The summed E-state index contributed by atoms with van der Waals surface area (Å²) in [5.74, 6) is 2.82. The molecule has 0 fully saturated rings. The Bertz CT molecular complexity index is 749. The van der Waals surface area contributed by atoms with E-state index in [0.717, 1.165) is 5.56 Å². The minimum absolute atomic E-state index is 0.103. The first-order valence-electron chi connectivity index (χ1n) is 8.89. The summed E-state index contributed by atoms with van der Waals surface area (Å²) >= 11 is 0. The number of rotatable bonds is 9. The minimum atomic E-state index is -0.779. The van der Waals surface area contributed by atoms with Gasteiger partial charge < -0.3 is 24.6 Å². The number of aliphatic hydroxyl groups is 1. The first-order valence-corrected chi connectivity index (χ1v) is 8.89. The molecule has 0 amide bonds. The standard InChI is InChI=1S/C20H24N2O5/c1-3-17-20(24)19(16-10-14(11-21)6-7-18(16)27-17)22-12-15(26-4-2)13-25-9-5-8-23/h5-7,10,13,17,19-20,22,24H,3-4,9,12H2,1-2H3/t17-,19?,20-/m0/s1. The van der Waals surface area contributed by atoms with E-state index in [0.29, 0.717) is 36.6 Å². The second kappa shape index (κ2) is 10.4. The van der Waals surface area contributed by atoms with Gasteiger partial charge in [-0.15, -0.1) is 0 Å². The highest BCUT2D eigenvalue weighted by atomic mass is 16.5. The number of fused-ring (bicyclic) bond motifs is 1. The van der Waals surface area contributed by atoms with Crippen LogP contribution in [0.2, 0.25) is 0 Å². The zero-order valence-electron chi connectivity index (χ0n) is 15.5. The average Bonchev–Trinajstić information content (AvgIpc) is 2.69. The Labute approximate surface area is 158 Å². The molecule has 0 radical (unpaired) electrons. The maximum absolute atomic E-state index is 10.7. The lowest BCUT2D eigenvalue weighted by Crippen LogP contribution is -2.46. The molecule has 3 atom stereocenters. The first kappa shape index (κ1) is 20.5. The van der Waals surface area contributed by atoms with Crippen molar-refractivity contribution in [1.82, 2.24) is 5.32 Å². The molecule has 2 N–H and O–H groups in total. The minimum Gasteiger partial charge on any atom is -0.494 e. The molecular formula is C20H24N2O5. The number of ether oxygens (including phenoxy) is 3. The number of nitrogens with one attached hydrogen (secondary N) is 1. The van der Waals surface area contributed by atoms with E-state index in [4.69, 9.17) is 19.5 Å². The van der Waals surface area contributed by atoms with Crippen molar-refractivity contribution in [2.75, 3.05) is 19.8 Å². The van der Waals surface area contributed by atoms with Crippen LogP contribution in [-0.2, 0) is 14.3 Å². The second-order valence-electron chi connectivity index (χ2n) is 5.95. The Morgan fingerprint density at radius 1 is 1.44 bits per heavy atom. The molecule has 0 aliphatic carbocycles. The fraction of sp³-hybridized carbons (Fsp3) is 0.450. The molecule has 1 aliphatic rings. The van der Waals surface area contributed by atoms with E-state index in [-0.39, 0.29) is 12.7 Å². The van der Waals surface area contributed by atoms with Crippen LogP contribution in [0.3, 0.4) is 0 Å². The highest BCUT2D eigenvalue weighted by Gasteiger charge is 2.36. The summed E-state index contributed by atoms with van der Waals surface area (Å²) in [6, 6.07) is 6.85. The predicted octanol–water partition coefficient (Wildman–Crippen LogP) is 2.00. The summed E-state index contributed by atoms with van der Waals surface area (Å²) in [6.45, 7) is 4.65. The summed E-state index contributed by atoms with van der Waals surface area (Å²) in [7, 11) is 0. The van der Waals surface area contributed by atoms with Crippen LogP contribution >= 0.6 is 0 Å². The number of nitriles is 1. The van der Waals surface area contributed by atoms with E-state index in [1.165, 1.54) is 12.3 Å². The Morgan fingerprint density at radius 2 is 2.26 bits per heavy atom. The number of carbonyl (C=O) groups excluding carboxylic acids is 1. The number of hydrogen-bond acceptors (Lipinski definition) is 7. The number of benzene rings is 1. The Balaban J connectivity index is 2.19. The zero-order chi connectivity index (χ0) is 19.6. The van der Waals surface area contributed by atoms with Gasteiger partial charge in [-0.2, -0.15) is 5.26 Å². The van der Waals surface area contributed by atoms with Gasteiger partial charge in [0.15, 0.2) is 0 Å². The molecule has 1 aromatic carbocycles. The van der Waals surface area contributed by atoms with Crippen LogP contribution in [-0.4, -0.2) is 43.0 Å². The number of aliphatic hydroxyl groups excluding tert-OH is 1. The molecule has 1 unspecified atom stereocenters. The first-order chi connectivity index (χ1) is 13.1. The van der Waals surface area contributed by atoms with Gasteiger partial charge in [0, 0.05) is 11.6 Å². The summed E-state index contributed by atoms with van der Waals surface area (Å²) in [5.41, 5.74) is 1.22. The summed E-state index contributed by atoms with van der Waals surface area (Å²) in [6.07, 6.45) is 2.17. The predicted molar refractivity (Wildman–Crippen MR) is 98.5 cm³/mol. The molecule has 2 rings (SSSR count). The van der Waals surface area contributed by atoms with Crippen molar-refractivity contribution in [2.24, 2.45) is 0 Å². The van der Waals surface area contributed by atoms with Crippen molar-refractivity contribution < 1.29 is 24.1 Å². The van der Waals surface area contributed by atoms with Crippen LogP contribution in [0.15, 0.2) is 36.3 Å². The maximum Gasteiger partial charge on any atom is 0.144 e. The average molecular weight is 372 g/mol. The molecule has 7 heteroatoms. The third kappa shape index (κ3) is 5.35.